The zero-order valence-corrected chi connectivity index (χ0v) is 15.4. The van der Waals surface area contributed by atoms with E-state index in [9.17, 15) is 0 Å². The molecule has 0 saturated carbocycles. The minimum atomic E-state index is 0.0984. The van der Waals surface area contributed by atoms with Crippen LogP contribution in [0.1, 0.15) is 35.4 Å². The van der Waals surface area contributed by atoms with Crippen LogP contribution in [0, 0.1) is 0 Å². The molecule has 124 valence electrons. The lowest BCUT2D eigenvalue weighted by atomic mass is 9.79. The highest BCUT2D eigenvalue weighted by molar-refractivity contribution is 7.11. The fourth-order valence-electron chi connectivity index (χ4n) is 4.45. The van der Waals surface area contributed by atoms with Crippen molar-refractivity contribution in [3.05, 3.63) is 93.7 Å². The normalized spacial score (nSPS) is 20.3. The van der Waals surface area contributed by atoms with Crippen LogP contribution in [0.25, 0.3) is 5.57 Å². The first-order valence-corrected chi connectivity index (χ1v) is 9.74. The molecule has 2 aliphatic heterocycles. The maximum Gasteiger partial charge on any atom is 0.0578 e. The summed E-state index contributed by atoms with van der Waals surface area (Å²) in [5.41, 5.74) is 7.13. The van der Waals surface area contributed by atoms with Crippen LogP contribution in [0.3, 0.4) is 0 Å². The standard InChI is InChI=1S/C23H21NS/c1-23(2)19-10-5-6-11-20(19)24-15-16-8-3-4-9-17(16)18(14-22(23)24)21-12-7-13-25-21/h3-14,22H,15H2,1-2H3. The molecule has 1 unspecified atom stereocenters. The Balaban J connectivity index is 1.77. The average Bonchev–Trinajstić information content (AvgIpc) is 3.17. The Morgan fingerprint density at radius 1 is 0.960 bits per heavy atom. The Kier molecular flexibility index (Phi) is 3.20. The fraction of sp³-hybridized carbons (Fsp3) is 0.217. The van der Waals surface area contributed by atoms with Crippen LogP contribution >= 0.6 is 11.3 Å². The van der Waals surface area contributed by atoms with Gasteiger partial charge < -0.3 is 4.90 Å². The number of hydrogen-bond acceptors (Lipinski definition) is 2. The molecule has 2 aliphatic rings. The van der Waals surface area contributed by atoms with Crippen LogP contribution in [0.4, 0.5) is 5.69 Å². The molecule has 0 N–H and O–H groups in total. The van der Waals surface area contributed by atoms with Gasteiger partial charge in [-0.1, -0.05) is 68.5 Å². The molecule has 0 amide bonds. The third-order valence-electron chi connectivity index (χ3n) is 5.74. The van der Waals surface area contributed by atoms with E-state index in [1.807, 2.05) is 11.3 Å². The van der Waals surface area contributed by atoms with E-state index in [1.165, 1.54) is 32.8 Å². The van der Waals surface area contributed by atoms with Crippen molar-refractivity contribution in [3.63, 3.8) is 0 Å². The van der Waals surface area contributed by atoms with Crippen molar-refractivity contribution in [1.82, 2.24) is 0 Å². The summed E-state index contributed by atoms with van der Waals surface area (Å²) in [6.07, 6.45) is 2.51. The molecule has 1 aromatic heterocycles. The first-order valence-electron chi connectivity index (χ1n) is 8.86. The van der Waals surface area contributed by atoms with Gasteiger partial charge in [0.15, 0.2) is 0 Å². The number of anilines is 1. The van der Waals surface area contributed by atoms with Gasteiger partial charge in [-0.2, -0.15) is 0 Å². The smallest absolute Gasteiger partial charge is 0.0578 e. The second-order valence-corrected chi connectivity index (χ2v) is 8.47. The zero-order valence-electron chi connectivity index (χ0n) is 14.6. The maximum absolute atomic E-state index is 2.59. The van der Waals surface area contributed by atoms with E-state index in [0.717, 1.165) is 6.54 Å². The number of benzene rings is 2. The quantitative estimate of drug-likeness (QED) is 0.535. The molecular formula is C23H21NS. The van der Waals surface area contributed by atoms with Crippen molar-refractivity contribution in [2.75, 3.05) is 4.90 Å². The molecule has 1 nitrogen and oxygen atoms in total. The van der Waals surface area contributed by atoms with E-state index in [-0.39, 0.29) is 5.41 Å². The Hall–Kier alpha value is -2.32. The molecule has 2 heteroatoms. The number of thiophene rings is 1. The Morgan fingerprint density at radius 2 is 1.76 bits per heavy atom. The van der Waals surface area contributed by atoms with Crippen molar-refractivity contribution in [2.45, 2.75) is 31.8 Å². The van der Waals surface area contributed by atoms with Crippen LogP contribution in [-0.2, 0) is 12.0 Å². The highest BCUT2D eigenvalue weighted by Crippen LogP contribution is 2.49. The predicted molar refractivity (Wildman–Crippen MR) is 107 cm³/mol. The molecule has 3 aromatic rings. The van der Waals surface area contributed by atoms with Crippen LogP contribution in [0.2, 0.25) is 0 Å². The molecule has 5 rings (SSSR count). The van der Waals surface area contributed by atoms with Gasteiger partial charge in [-0.25, -0.2) is 0 Å². The molecule has 1 atom stereocenters. The molecule has 0 radical (unpaired) electrons. The van der Waals surface area contributed by atoms with Crippen LogP contribution < -0.4 is 4.90 Å². The Morgan fingerprint density at radius 3 is 2.60 bits per heavy atom. The van der Waals surface area contributed by atoms with Gasteiger partial charge in [0.1, 0.15) is 0 Å². The number of fused-ring (bicyclic) bond motifs is 4. The van der Waals surface area contributed by atoms with E-state index in [4.69, 9.17) is 0 Å². The minimum absolute atomic E-state index is 0.0984. The van der Waals surface area contributed by atoms with Crippen molar-refractivity contribution in [1.29, 1.82) is 0 Å². The number of para-hydroxylation sites is 1. The molecule has 0 saturated heterocycles. The van der Waals surface area contributed by atoms with Gasteiger partial charge in [-0.05, 0) is 39.8 Å². The average molecular weight is 343 g/mol. The maximum atomic E-state index is 2.59. The van der Waals surface area contributed by atoms with Crippen molar-refractivity contribution >= 4 is 22.6 Å². The molecule has 3 heterocycles. The highest BCUT2D eigenvalue weighted by atomic mass is 32.1. The zero-order chi connectivity index (χ0) is 17.0. The van der Waals surface area contributed by atoms with E-state index < -0.39 is 0 Å². The summed E-state index contributed by atoms with van der Waals surface area (Å²) in [5, 5.41) is 2.18. The van der Waals surface area contributed by atoms with Gasteiger partial charge in [0, 0.05) is 22.5 Å². The predicted octanol–water partition coefficient (Wildman–Crippen LogP) is 5.86. The highest BCUT2D eigenvalue weighted by Gasteiger charge is 2.44. The molecule has 0 bridgehead atoms. The lowest BCUT2D eigenvalue weighted by Crippen LogP contribution is -2.39. The van der Waals surface area contributed by atoms with Gasteiger partial charge in [0.2, 0.25) is 0 Å². The third-order valence-corrected chi connectivity index (χ3v) is 6.65. The fourth-order valence-corrected chi connectivity index (χ4v) is 5.21. The lowest BCUT2D eigenvalue weighted by Gasteiger charge is -2.31. The van der Waals surface area contributed by atoms with E-state index >= 15 is 0 Å². The molecule has 0 fully saturated rings. The second kappa shape index (κ2) is 5.34. The lowest BCUT2D eigenvalue weighted by molar-refractivity contribution is 0.476. The summed E-state index contributed by atoms with van der Waals surface area (Å²) in [6, 6.07) is 22.6. The van der Waals surface area contributed by atoms with Gasteiger partial charge in [-0.15, -0.1) is 11.3 Å². The van der Waals surface area contributed by atoms with E-state index in [1.54, 1.807) is 0 Å². The van der Waals surface area contributed by atoms with Gasteiger partial charge in [0.25, 0.3) is 0 Å². The van der Waals surface area contributed by atoms with Gasteiger partial charge >= 0.3 is 0 Å². The Bertz CT molecular complexity index is 965. The largest absolute Gasteiger partial charge is 0.360 e. The topological polar surface area (TPSA) is 3.24 Å². The molecule has 25 heavy (non-hydrogen) atoms. The summed E-state index contributed by atoms with van der Waals surface area (Å²) < 4.78 is 0. The summed E-state index contributed by atoms with van der Waals surface area (Å²) in [4.78, 5) is 3.95. The van der Waals surface area contributed by atoms with Crippen molar-refractivity contribution in [3.8, 4) is 0 Å². The number of rotatable bonds is 1. The van der Waals surface area contributed by atoms with Crippen molar-refractivity contribution < 1.29 is 0 Å². The molecule has 2 aromatic carbocycles. The molecule has 0 aliphatic carbocycles. The monoisotopic (exact) mass is 343 g/mol. The summed E-state index contributed by atoms with van der Waals surface area (Å²) >= 11 is 1.83. The van der Waals surface area contributed by atoms with Crippen molar-refractivity contribution in [2.24, 2.45) is 0 Å². The van der Waals surface area contributed by atoms with Crippen LogP contribution in [-0.4, -0.2) is 6.04 Å². The van der Waals surface area contributed by atoms with Gasteiger partial charge in [-0.3, -0.25) is 0 Å². The summed E-state index contributed by atoms with van der Waals surface area (Å²) in [5.74, 6) is 0. The van der Waals surface area contributed by atoms with Crippen LogP contribution in [0.5, 0.6) is 0 Å². The summed E-state index contributed by atoms with van der Waals surface area (Å²) in [6.45, 7) is 5.73. The minimum Gasteiger partial charge on any atom is -0.360 e. The van der Waals surface area contributed by atoms with E-state index in [2.05, 4.69) is 90.9 Å². The SMILES string of the molecule is CC1(C)c2ccccc2N2Cc3ccccc3C(c3cccs3)=CC21. The summed E-state index contributed by atoms with van der Waals surface area (Å²) in [7, 11) is 0. The molecule has 0 spiro atoms. The van der Waals surface area contributed by atoms with Gasteiger partial charge in [0.05, 0.1) is 6.04 Å². The molecular weight excluding hydrogens is 322 g/mol. The third kappa shape index (κ3) is 2.14. The van der Waals surface area contributed by atoms with Crippen LogP contribution in [0.15, 0.2) is 72.1 Å². The van der Waals surface area contributed by atoms with E-state index in [0.29, 0.717) is 6.04 Å². The number of nitrogens with zero attached hydrogens (tertiary/aromatic N) is 1. The first-order chi connectivity index (χ1) is 12.2. The second-order valence-electron chi connectivity index (χ2n) is 7.53. The Labute approximate surface area is 153 Å². The first kappa shape index (κ1) is 15.0. The number of hydrogen-bond donors (Lipinski definition) is 0.